The molecule has 1 aliphatic rings. The molecule has 1 aromatic heterocycles. The minimum Gasteiger partial charge on any atom is -0.392 e. The van der Waals surface area contributed by atoms with E-state index in [1.807, 2.05) is 45.9 Å². The molecular weight excluding hydrogens is 382 g/mol. The number of benzene rings is 1. The number of aliphatic hydroxyl groups excluding tert-OH is 1. The monoisotopic (exact) mass is 413 g/mol. The van der Waals surface area contributed by atoms with Crippen molar-refractivity contribution in [1.29, 1.82) is 0 Å². The van der Waals surface area contributed by atoms with Crippen LogP contribution in [-0.2, 0) is 17.9 Å². The van der Waals surface area contributed by atoms with Crippen LogP contribution in [0.2, 0.25) is 0 Å². The summed E-state index contributed by atoms with van der Waals surface area (Å²) in [7, 11) is 0. The van der Waals surface area contributed by atoms with Gasteiger partial charge in [-0.1, -0.05) is 52.0 Å². The summed E-state index contributed by atoms with van der Waals surface area (Å²) in [6, 6.07) is 8.70. The Kier molecular flexibility index (Phi) is 6.15. The van der Waals surface area contributed by atoms with Crippen molar-refractivity contribution in [2.24, 2.45) is 11.3 Å². The summed E-state index contributed by atoms with van der Waals surface area (Å²) in [5.41, 5.74) is -0.0937. The van der Waals surface area contributed by atoms with Gasteiger partial charge in [-0.25, -0.2) is 4.98 Å². The van der Waals surface area contributed by atoms with E-state index in [0.717, 1.165) is 0 Å². The van der Waals surface area contributed by atoms with Gasteiger partial charge in [0.2, 0.25) is 5.91 Å². The summed E-state index contributed by atoms with van der Waals surface area (Å²) in [6.07, 6.45) is 1.84. The molecule has 0 bridgehead atoms. The lowest BCUT2D eigenvalue weighted by molar-refractivity contribution is -0.156. The van der Waals surface area contributed by atoms with Gasteiger partial charge in [-0.15, -0.1) is 0 Å². The first-order valence-corrected chi connectivity index (χ1v) is 10.3. The second-order valence-corrected chi connectivity index (χ2v) is 9.14. The number of carbonyl (C=O) groups excluding carboxylic acids is 1. The first kappa shape index (κ1) is 22.2. The number of rotatable bonds is 5. The fourth-order valence-corrected chi connectivity index (χ4v) is 4.09. The van der Waals surface area contributed by atoms with Crippen LogP contribution < -0.4 is 5.56 Å². The van der Waals surface area contributed by atoms with Crippen LogP contribution in [0.5, 0.6) is 0 Å². The Labute approximate surface area is 177 Å². The van der Waals surface area contributed by atoms with E-state index in [2.05, 4.69) is 4.98 Å². The van der Waals surface area contributed by atoms with Gasteiger partial charge in [-0.2, -0.15) is 0 Å². The van der Waals surface area contributed by atoms with E-state index in [-0.39, 0.29) is 30.5 Å². The SMILES string of the molecule is CC(C)C(=O)N1CCC(O)(Cn2cnc(-c3ccccc3CO)cc2=O)C(C)(C)C1. The van der Waals surface area contributed by atoms with Crippen LogP contribution in [0.3, 0.4) is 0 Å². The molecule has 1 aromatic carbocycles. The molecule has 2 heterocycles. The summed E-state index contributed by atoms with van der Waals surface area (Å²) in [5.74, 6) is -0.0102. The molecule has 1 fully saturated rings. The maximum absolute atomic E-state index is 12.8. The number of nitrogens with zero attached hydrogens (tertiary/aromatic N) is 3. The smallest absolute Gasteiger partial charge is 0.253 e. The van der Waals surface area contributed by atoms with E-state index < -0.39 is 11.0 Å². The summed E-state index contributed by atoms with van der Waals surface area (Å²) in [6.45, 7) is 8.47. The van der Waals surface area contributed by atoms with Crippen LogP contribution in [0.25, 0.3) is 11.3 Å². The molecule has 7 nitrogen and oxygen atoms in total. The van der Waals surface area contributed by atoms with Gasteiger partial charge < -0.3 is 15.1 Å². The van der Waals surface area contributed by atoms with Crippen molar-refractivity contribution in [2.45, 2.75) is 52.9 Å². The molecule has 2 aromatic rings. The number of likely N-dealkylation sites (tertiary alicyclic amines) is 1. The maximum Gasteiger partial charge on any atom is 0.253 e. The molecular formula is C23H31N3O4. The van der Waals surface area contributed by atoms with Gasteiger partial charge in [0, 0.05) is 36.1 Å². The van der Waals surface area contributed by atoms with Crippen LogP contribution >= 0.6 is 0 Å². The molecule has 1 unspecified atom stereocenters. The van der Waals surface area contributed by atoms with Crippen molar-refractivity contribution in [1.82, 2.24) is 14.5 Å². The van der Waals surface area contributed by atoms with Crippen LogP contribution in [-0.4, -0.2) is 49.3 Å². The first-order chi connectivity index (χ1) is 14.1. The second kappa shape index (κ2) is 8.32. The molecule has 1 atom stereocenters. The molecule has 0 spiro atoms. The number of aromatic nitrogens is 2. The minimum atomic E-state index is -1.14. The zero-order valence-corrected chi connectivity index (χ0v) is 18.1. The van der Waals surface area contributed by atoms with Crippen LogP contribution in [0.1, 0.15) is 39.7 Å². The van der Waals surface area contributed by atoms with Gasteiger partial charge in [0.15, 0.2) is 0 Å². The van der Waals surface area contributed by atoms with Gasteiger partial charge in [-0.05, 0) is 12.0 Å². The highest BCUT2D eigenvalue weighted by Crippen LogP contribution is 2.40. The number of hydrogen-bond acceptors (Lipinski definition) is 5. The Bertz CT molecular complexity index is 982. The van der Waals surface area contributed by atoms with Gasteiger partial charge in [0.25, 0.3) is 5.56 Å². The standard InChI is InChI=1S/C23H31N3O4/c1-16(2)21(29)25-10-9-23(30,22(3,4)13-25)14-26-15-24-19(11-20(26)28)18-8-6-5-7-17(18)12-27/h5-8,11,15-16,27,30H,9-10,12-14H2,1-4H3. The molecule has 3 rings (SSSR count). The predicted octanol–water partition coefficient (Wildman–Crippen LogP) is 2.05. The quantitative estimate of drug-likeness (QED) is 0.782. The van der Waals surface area contributed by atoms with Crippen LogP contribution in [0.15, 0.2) is 41.5 Å². The highest BCUT2D eigenvalue weighted by Gasteiger charge is 2.49. The molecule has 0 radical (unpaired) electrons. The van der Waals surface area contributed by atoms with Crippen molar-refractivity contribution in [2.75, 3.05) is 13.1 Å². The molecule has 1 amide bonds. The Morgan fingerprint density at radius 1 is 1.27 bits per heavy atom. The average Bonchev–Trinajstić information content (AvgIpc) is 2.71. The lowest BCUT2D eigenvalue weighted by Gasteiger charge is -2.50. The predicted molar refractivity (Wildman–Crippen MR) is 115 cm³/mol. The normalized spacial score (nSPS) is 21.1. The van der Waals surface area contributed by atoms with Crippen LogP contribution in [0, 0.1) is 11.3 Å². The number of carbonyl (C=O) groups is 1. The van der Waals surface area contributed by atoms with Crippen molar-refractivity contribution < 1.29 is 15.0 Å². The maximum atomic E-state index is 12.8. The van der Waals surface area contributed by atoms with Crippen molar-refractivity contribution in [3.63, 3.8) is 0 Å². The van der Waals surface area contributed by atoms with E-state index in [4.69, 9.17) is 0 Å². The zero-order valence-electron chi connectivity index (χ0n) is 18.1. The fourth-order valence-electron chi connectivity index (χ4n) is 4.09. The highest BCUT2D eigenvalue weighted by molar-refractivity contribution is 5.78. The molecule has 0 aliphatic carbocycles. The Morgan fingerprint density at radius 3 is 2.57 bits per heavy atom. The second-order valence-electron chi connectivity index (χ2n) is 9.14. The molecule has 1 aliphatic heterocycles. The Morgan fingerprint density at radius 2 is 1.97 bits per heavy atom. The number of aliphatic hydroxyl groups is 2. The minimum absolute atomic E-state index is 0.0795. The number of amides is 1. The van der Waals surface area contributed by atoms with Gasteiger partial charge in [-0.3, -0.25) is 14.2 Å². The molecule has 30 heavy (non-hydrogen) atoms. The van der Waals surface area contributed by atoms with Gasteiger partial charge in [0.05, 0.1) is 30.8 Å². The topological polar surface area (TPSA) is 95.7 Å². The third kappa shape index (κ3) is 4.18. The van der Waals surface area contributed by atoms with Gasteiger partial charge in [0.1, 0.15) is 0 Å². The van der Waals surface area contributed by atoms with E-state index in [1.54, 1.807) is 11.0 Å². The average molecular weight is 414 g/mol. The summed E-state index contributed by atoms with van der Waals surface area (Å²) in [5, 5.41) is 21.0. The summed E-state index contributed by atoms with van der Waals surface area (Å²) < 4.78 is 1.42. The number of piperidine rings is 1. The molecule has 0 saturated carbocycles. The lowest BCUT2D eigenvalue weighted by atomic mass is 9.69. The van der Waals surface area contributed by atoms with E-state index in [0.29, 0.717) is 36.3 Å². The van der Waals surface area contributed by atoms with Crippen molar-refractivity contribution >= 4 is 5.91 Å². The van der Waals surface area contributed by atoms with Crippen molar-refractivity contribution in [3.05, 3.63) is 52.6 Å². The number of hydrogen-bond donors (Lipinski definition) is 2. The summed E-state index contributed by atoms with van der Waals surface area (Å²) in [4.78, 5) is 31.4. The van der Waals surface area contributed by atoms with Crippen molar-refractivity contribution in [3.8, 4) is 11.3 Å². The molecule has 2 N–H and O–H groups in total. The summed E-state index contributed by atoms with van der Waals surface area (Å²) >= 11 is 0. The zero-order chi connectivity index (χ0) is 22.1. The van der Waals surface area contributed by atoms with E-state index in [1.165, 1.54) is 17.0 Å². The molecule has 1 saturated heterocycles. The third-order valence-corrected chi connectivity index (χ3v) is 6.22. The van der Waals surface area contributed by atoms with E-state index in [9.17, 15) is 19.8 Å². The largest absolute Gasteiger partial charge is 0.392 e. The lowest BCUT2D eigenvalue weighted by Crippen LogP contribution is -2.61. The molecule has 162 valence electrons. The van der Waals surface area contributed by atoms with Crippen LogP contribution in [0.4, 0.5) is 0 Å². The first-order valence-electron chi connectivity index (χ1n) is 10.3. The van der Waals surface area contributed by atoms with E-state index >= 15 is 0 Å². The molecule has 7 heteroatoms. The highest BCUT2D eigenvalue weighted by atomic mass is 16.3. The van der Waals surface area contributed by atoms with Gasteiger partial charge >= 0.3 is 0 Å². The Balaban J connectivity index is 1.84. The third-order valence-electron chi connectivity index (χ3n) is 6.22. The Hall–Kier alpha value is -2.51. The fraction of sp³-hybridized carbons (Fsp3) is 0.522.